The molecule has 2 N–H and O–H groups in total. The molecule has 2 unspecified atom stereocenters. The Balaban J connectivity index is 1.47. The summed E-state index contributed by atoms with van der Waals surface area (Å²) in [5, 5.41) is 5.55. The van der Waals surface area contributed by atoms with Crippen LogP contribution in [-0.4, -0.2) is 49.1 Å². The van der Waals surface area contributed by atoms with Crippen molar-refractivity contribution in [2.75, 3.05) is 35.2 Å². The Kier molecular flexibility index (Phi) is 8.56. The van der Waals surface area contributed by atoms with Crippen molar-refractivity contribution in [3.63, 3.8) is 0 Å². The van der Waals surface area contributed by atoms with Gasteiger partial charge in [0.05, 0.1) is 16.4 Å². The van der Waals surface area contributed by atoms with E-state index in [9.17, 15) is 18.0 Å². The first-order valence-corrected chi connectivity index (χ1v) is 13.6. The summed E-state index contributed by atoms with van der Waals surface area (Å²) in [6.45, 7) is 7.15. The van der Waals surface area contributed by atoms with Gasteiger partial charge in [0.25, 0.3) is 0 Å². The fourth-order valence-electron chi connectivity index (χ4n) is 4.01. The molecule has 0 bridgehead atoms. The third-order valence-corrected chi connectivity index (χ3v) is 8.16. The van der Waals surface area contributed by atoms with Crippen molar-refractivity contribution in [1.82, 2.24) is 4.31 Å². The van der Waals surface area contributed by atoms with Gasteiger partial charge in [0.1, 0.15) is 0 Å². The molecular weight excluding hydrogens is 458 g/mol. The number of amides is 2. The number of thioether (sulfide) groups is 1. The van der Waals surface area contributed by atoms with Gasteiger partial charge in [-0.3, -0.25) is 9.59 Å². The Bertz CT molecular complexity index is 1080. The summed E-state index contributed by atoms with van der Waals surface area (Å²) < 4.78 is 27.5. The number of carbonyl (C=O) groups excluding carboxylic acids is 2. The summed E-state index contributed by atoms with van der Waals surface area (Å²) in [5.74, 6) is 0.514. The molecular formula is C24H31N3O4S2. The molecule has 3 rings (SSSR count). The molecule has 7 nitrogen and oxygen atoms in total. The lowest BCUT2D eigenvalue weighted by molar-refractivity contribution is -0.114. The van der Waals surface area contributed by atoms with Crippen molar-refractivity contribution in [2.45, 2.75) is 32.1 Å². The van der Waals surface area contributed by atoms with Crippen LogP contribution in [0.25, 0.3) is 0 Å². The molecule has 178 valence electrons. The predicted octanol–water partition coefficient (Wildman–Crippen LogP) is 3.97. The zero-order valence-corrected chi connectivity index (χ0v) is 20.8. The molecule has 0 aromatic heterocycles. The highest BCUT2D eigenvalue weighted by Gasteiger charge is 2.31. The largest absolute Gasteiger partial charge is 0.325 e. The van der Waals surface area contributed by atoms with Crippen LogP contribution in [0, 0.1) is 18.8 Å². The second kappa shape index (κ2) is 11.2. The van der Waals surface area contributed by atoms with Gasteiger partial charge in [-0.2, -0.15) is 4.31 Å². The molecule has 1 aliphatic heterocycles. The van der Waals surface area contributed by atoms with Crippen LogP contribution in [0.5, 0.6) is 0 Å². The van der Waals surface area contributed by atoms with Gasteiger partial charge in [-0.25, -0.2) is 8.42 Å². The predicted molar refractivity (Wildman–Crippen MR) is 134 cm³/mol. The fraction of sp³-hybridized carbons (Fsp3) is 0.417. The van der Waals surface area contributed by atoms with Crippen molar-refractivity contribution < 1.29 is 18.0 Å². The van der Waals surface area contributed by atoms with Crippen LogP contribution in [0.2, 0.25) is 0 Å². The molecule has 1 aliphatic rings. The molecule has 9 heteroatoms. The van der Waals surface area contributed by atoms with Crippen molar-refractivity contribution >= 4 is 45.0 Å². The van der Waals surface area contributed by atoms with Crippen LogP contribution in [0.3, 0.4) is 0 Å². The number of anilines is 2. The lowest BCUT2D eigenvalue weighted by Gasteiger charge is -2.34. The minimum atomic E-state index is -3.55. The van der Waals surface area contributed by atoms with Crippen molar-refractivity contribution in [3.05, 3.63) is 54.1 Å². The molecule has 1 heterocycles. The maximum atomic E-state index is 13.0. The Morgan fingerprint density at radius 1 is 0.939 bits per heavy atom. The average molecular weight is 490 g/mol. The van der Waals surface area contributed by atoms with Crippen LogP contribution in [0.4, 0.5) is 11.4 Å². The summed E-state index contributed by atoms with van der Waals surface area (Å²) in [7, 11) is -3.55. The van der Waals surface area contributed by atoms with Gasteiger partial charge in [0.2, 0.25) is 21.8 Å². The lowest BCUT2D eigenvalue weighted by Crippen LogP contribution is -2.42. The Labute approximate surface area is 200 Å². The first-order chi connectivity index (χ1) is 15.6. The van der Waals surface area contributed by atoms with Crippen molar-refractivity contribution in [1.29, 1.82) is 0 Å². The van der Waals surface area contributed by atoms with E-state index in [0.29, 0.717) is 30.6 Å². The third kappa shape index (κ3) is 7.31. The van der Waals surface area contributed by atoms with Gasteiger partial charge in [-0.1, -0.05) is 26.0 Å². The highest BCUT2D eigenvalue weighted by Crippen LogP contribution is 2.27. The molecule has 2 amide bonds. The van der Waals surface area contributed by atoms with E-state index in [1.807, 2.05) is 31.2 Å². The zero-order valence-electron chi connectivity index (χ0n) is 19.2. The molecule has 1 saturated heterocycles. The molecule has 33 heavy (non-hydrogen) atoms. The number of carbonyl (C=O) groups is 2. The van der Waals surface area contributed by atoms with E-state index in [0.717, 1.165) is 17.7 Å². The number of nitrogens with one attached hydrogen (secondary N) is 2. The third-order valence-electron chi connectivity index (χ3n) is 5.38. The van der Waals surface area contributed by atoms with Gasteiger partial charge < -0.3 is 10.6 Å². The van der Waals surface area contributed by atoms with Crippen LogP contribution in [-0.2, 0) is 19.6 Å². The van der Waals surface area contributed by atoms with Crippen LogP contribution >= 0.6 is 11.8 Å². The van der Waals surface area contributed by atoms with Crippen LogP contribution in [0.1, 0.15) is 25.8 Å². The Morgan fingerprint density at radius 2 is 1.52 bits per heavy atom. The van der Waals surface area contributed by atoms with Crippen molar-refractivity contribution in [3.8, 4) is 0 Å². The summed E-state index contributed by atoms with van der Waals surface area (Å²) >= 11 is 1.21. The number of nitrogens with zero attached hydrogens (tertiary/aromatic N) is 1. The number of piperidine rings is 1. The molecule has 2 atom stereocenters. The maximum Gasteiger partial charge on any atom is 0.243 e. The van der Waals surface area contributed by atoms with Crippen molar-refractivity contribution in [2.24, 2.45) is 11.8 Å². The molecule has 0 aliphatic carbocycles. The molecule has 0 saturated carbocycles. The molecule has 2 aromatic carbocycles. The average Bonchev–Trinajstić information content (AvgIpc) is 2.73. The summed E-state index contributed by atoms with van der Waals surface area (Å²) in [5.41, 5.74) is 2.30. The summed E-state index contributed by atoms with van der Waals surface area (Å²) in [4.78, 5) is 24.5. The highest BCUT2D eigenvalue weighted by atomic mass is 32.2. The van der Waals surface area contributed by atoms with Crippen LogP contribution < -0.4 is 10.6 Å². The number of sulfonamides is 1. The second-order valence-electron chi connectivity index (χ2n) is 8.75. The van der Waals surface area contributed by atoms with E-state index in [4.69, 9.17) is 0 Å². The minimum Gasteiger partial charge on any atom is -0.325 e. The molecule has 0 radical (unpaired) electrons. The number of benzene rings is 2. The molecule has 0 spiro atoms. The van der Waals surface area contributed by atoms with E-state index in [-0.39, 0.29) is 28.2 Å². The topological polar surface area (TPSA) is 95.6 Å². The standard InChI is InChI=1S/C24H31N3O4S2/c1-17-5-4-6-21(12-17)26-24(29)16-32-15-23(28)25-20-7-9-22(10-8-20)33(30,31)27-13-18(2)11-19(3)14-27/h4-10,12,18-19H,11,13-16H2,1-3H3,(H,25,28)(H,26,29). The smallest absolute Gasteiger partial charge is 0.243 e. The van der Waals surface area contributed by atoms with E-state index >= 15 is 0 Å². The zero-order chi connectivity index (χ0) is 24.0. The first-order valence-electron chi connectivity index (χ1n) is 11.0. The fourth-order valence-corrected chi connectivity index (χ4v) is 6.31. The lowest BCUT2D eigenvalue weighted by atomic mass is 9.94. The van der Waals surface area contributed by atoms with Gasteiger partial charge in [-0.05, 0) is 67.1 Å². The summed E-state index contributed by atoms with van der Waals surface area (Å²) in [6, 6.07) is 13.8. The number of aryl methyl sites for hydroxylation is 1. The minimum absolute atomic E-state index is 0.116. The van der Waals surface area contributed by atoms with E-state index < -0.39 is 10.0 Å². The van der Waals surface area contributed by atoms with Gasteiger partial charge in [-0.15, -0.1) is 11.8 Å². The van der Waals surface area contributed by atoms with Crippen LogP contribution in [0.15, 0.2) is 53.4 Å². The van der Waals surface area contributed by atoms with Gasteiger partial charge >= 0.3 is 0 Å². The van der Waals surface area contributed by atoms with E-state index in [2.05, 4.69) is 24.5 Å². The van der Waals surface area contributed by atoms with E-state index in [1.165, 1.54) is 23.9 Å². The number of hydrogen-bond acceptors (Lipinski definition) is 5. The Morgan fingerprint density at radius 3 is 2.09 bits per heavy atom. The Hall–Kier alpha value is -2.36. The van der Waals surface area contributed by atoms with Gasteiger partial charge in [0, 0.05) is 24.5 Å². The SMILES string of the molecule is Cc1cccc(NC(=O)CSCC(=O)Nc2ccc(S(=O)(=O)N3CC(C)CC(C)C3)cc2)c1. The quantitative estimate of drug-likeness (QED) is 0.585. The first kappa shape index (κ1) is 25.3. The molecule has 1 fully saturated rings. The number of rotatable bonds is 8. The van der Waals surface area contributed by atoms with E-state index in [1.54, 1.807) is 16.4 Å². The second-order valence-corrected chi connectivity index (χ2v) is 11.7. The molecule has 2 aromatic rings. The monoisotopic (exact) mass is 489 g/mol. The normalized spacial score (nSPS) is 19.1. The highest BCUT2D eigenvalue weighted by molar-refractivity contribution is 8.00. The summed E-state index contributed by atoms with van der Waals surface area (Å²) in [6.07, 6.45) is 1.03. The number of hydrogen-bond donors (Lipinski definition) is 2. The maximum absolute atomic E-state index is 13.0. The van der Waals surface area contributed by atoms with Gasteiger partial charge in [0.15, 0.2) is 0 Å².